The average molecular weight is 328 g/mol. The molecule has 0 aliphatic rings. The molecule has 0 aromatic carbocycles. The van der Waals surface area contributed by atoms with Crippen molar-refractivity contribution in [2.75, 3.05) is 19.4 Å². The number of aliphatic hydroxyl groups is 1. The summed E-state index contributed by atoms with van der Waals surface area (Å²) in [4.78, 5) is 11.8. The van der Waals surface area contributed by atoms with Gasteiger partial charge in [0.15, 0.2) is 5.76 Å². The van der Waals surface area contributed by atoms with Crippen molar-refractivity contribution < 1.29 is 14.4 Å². The molecule has 0 fully saturated rings. The quantitative estimate of drug-likeness (QED) is 0.440. The minimum atomic E-state index is -0.580. The first-order chi connectivity index (χ1) is 10.5. The number of furan rings is 1. The summed E-state index contributed by atoms with van der Waals surface area (Å²) in [5.41, 5.74) is 0.544. The highest BCUT2D eigenvalue weighted by atomic mass is 32.2. The second kappa shape index (κ2) is 10.9. The predicted octanol–water partition coefficient (Wildman–Crippen LogP) is 4.09. The Morgan fingerprint density at radius 2 is 2.18 bits per heavy atom. The van der Waals surface area contributed by atoms with Crippen LogP contribution in [0.25, 0.3) is 5.70 Å². The van der Waals surface area contributed by atoms with Gasteiger partial charge in [-0.2, -0.15) is 0 Å². The van der Waals surface area contributed by atoms with E-state index in [1.807, 2.05) is 38.8 Å². The Bertz CT molecular complexity index is 511. The van der Waals surface area contributed by atoms with E-state index in [-0.39, 0.29) is 12.5 Å². The summed E-state index contributed by atoms with van der Waals surface area (Å²) in [6.45, 7) is 9.95. The zero-order valence-electron chi connectivity index (χ0n) is 13.5. The Balaban J connectivity index is 0.00000211. The minimum Gasteiger partial charge on any atom is -0.399 e. The van der Waals surface area contributed by atoms with Crippen molar-refractivity contribution in [2.45, 2.75) is 27.2 Å². The van der Waals surface area contributed by atoms with Crippen LogP contribution in [-0.4, -0.2) is 34.3 Å². The van der Waals surface area contributed by atoms with Crippen LogP contribution < -0.4 is 0 Å². The van der Waals surface area contributed by atoms with E-state index in [2.05, 4.69) is 6.58 Å². The van der Waals surface area contributed by atoms with Crippen LogP contribution in [0.1, 0.15) is 33.0 Å². The molecule has 1 rings (SSSR count). The van der Waals surface area contributed by atoms with E-state index in [9.17, 15) is 10.1 Å². The van der Waals surface area contributed by atoms with Gasteiger partial charge in [-0.05, 0) is 19.4 Å². The van der Waals surface area contributed by atoms with Gasteiger partial charge in [0.2, 0.25) is 0 Å². The van der Waals surface area contributed by atoms with Crippen LogP contribution in [0.4, 0.5) is 5.88 Å². The third kappa shape index (κ3) is 5.95. The molecule has 0 saturated carbocycles. The molecule has 124 valence electrons. The lowest BCUT2D eigenvalue weighted by atomic mass is 10.3. The summed E-state index contributed by atoms with van der Waals surface area (Å²) < 4.78 is 5.13. The number of hydrogen-bond donors (Lipinski definition) is 1. The first-order valence-corrected chi connectivity index (χ1v) is 8.07. The van der Waals surface area contributed by atoms with Crippen molar-refractivity contribution >= 4 is 23.3 Å². The molecule has 0 atom stereocenters. The number of nitrogens with zero attached hydrogens (tertiary/aromatic N) is 2. The molecule has 0 aliphatic heterocycles. The zero-order chi connectivity index (χ0) is 17.1. The van der Waals surface area contributed by atoms with Gasteiger partial charge in [0, 0.05) is 19.4 Å². The van der Waals surface area contributed by atoms with Crippen LogP contribution in [0.3, 0.4) is 0 Å². The average Bonchev–Trinajstić information content (AvgIpc) is 3.02. The first kappa shape index (κ1) is 20.3. The molecule has 0 radical (unpaired) electrons. The van der Waals surface area contributed by atoms with Gasteiger partial charge in [0.1, 0.15) is 4.92 Å². The molecule has 1 N–H and O–H groups in total. The van der Waals surface area contributed by atoms with E-state index in [1.165, 1.54) is 12.1 Å². The fraction of sp³-hybridized carbons (Fsp3) is 0.467. The third-order valence-corrected chi connectivity index (χ3v) is 3.89. The SMILES string of the molecule is C=C(c1ccc([N+](=O)[O-])o1)N(C)/C(=C\C)SCCCO.CC. The topological polar surface area (TPSA) is 79.8 Å². The van der Waals surface area contributed by atoms with Crippen LogP contribution in [0.15, 0.2) is 34.2 Å². The molecule has 1 heterocycles. The number of nitro groups is 1. The molecule has 1 aromatic rings. The maximum Gasteiger partial charge on any atom is 0.433 e. The molecule has 0 saturated heterocycles. The van der Waals surface area contributed by atoms with Crippen molar-refractivity contribution in [3.63, 3.8) is 0 Å². The Morgan fingerprint density at radius 3 is 2.64 bits per heavy atom. The van der Waals surface area contributed by atoms with Crippen LogP contribution in [0.5, 0.6) is 0 Å². The summed E-state index contributed by atoms with van der Waals surface area (Å²) >= 11 is 1.58. The summed E-state index contributed by atoms with van der Waals surface area (Å²) in [6.07, 6.45) is 2.62. The van der Waals surface area contributed by atoms with Gasteiger partial charge in [-0.15, -0.1) is 11.8 Å². The molecule has 0 spiro atoms. The first-order valence-electron chi connectivity index (χ1n) is 7.08. The van der Waals surface area contributed by atoms with Crippen molar-refractivity contribution in [3.05, 3.63) is 45.7 Å². The second-order valence-corrected chi connectivity index (χ2v) is 5.07. The molecular formula is C15H24N2O4S. The van der Waals surface area contributed by atoms with Crippen LogP contribution in [0, 0.1) is 10.1 Å². The molecule has 7 heteroatoms. The van der Waals surface area contributed by atoms with Gasteiger partial charge in [0.25, 0.3) is 0 Å². The molecule has 22 heavy (non-hydrogen) atoms. The fourth-order valence-electron chi connectivity index (χ4n) is 1.49. The number of aliphatic hydroxyl groups excluding tert-OH is 1. The summed E-state index contributed by atoms with van der Waals surface area (Å²) in [5, 5.41) is 20.3. The second-order valence-electron chi connectivity index (χ2n) is 3.95. The monoisotopic (exact) mass is 328 g/mol. The smallest absolute Gasteiger partial charge is 0.399 e. The van der Waals surface area contributed by atoms with E-state index in [0.29, 0.717) is 17.9 Å². The van der Waals surface area contributed by atoms with Gasteiger partial charge < -0.3 is 14.4 Å². The van der Waals surface area contributed by atoms with E-state index >= 15 is 0 Å². The Morgan fingerprint density at radius 1 is 1.55 bits per heavy atom. The van der Waals surface area contributed by atoms with E-state index in [1.54, 1.807) is 11.8 Å². The maximum atomic E-state index is 10.6. The zero-order valence-corrected chi connectivity index (χ0v) is 14.4. The lowest BCUT2D eigenvalue weighted by molar-refractivity contribution is -0.402. The lowest BCUT2D eigenvalue weighted by Crippen LogP contribution is -2.13. The van der Waals surface area contributed by atoms with E-state index < -0.39 is 4.92 Å². The van der Waals surface area contributed by atoms with Gasteiger partial charge in [-0.25, -0.2) is 0 Å². The fourth-order valence-corrected chi connectivity index (χ4v) is 2.45. The highest BCUT2D eigenvalue weighted by molar-refractivity contribution is 8.03. The molecule has 6 nitrogen and oxygen atoms in total. The normalized spacial score (nSPS) is 10.7. The van der Waals surface area contributed by atoms with Gasteiger partial charge >= 0.3 is 5.88 Å². The highest BCUT2D eigenvalue weighted by Crippen LogP contribution is 2.29. The van der Waals surface area contributed by atoms with Crippen molar-refractivity contribution in [1.29, 1.82) is 0 Å². The Kier molecular flexibility index (Phi) is 10.1. The van der Waals surface area contributed by atoms with Crippen molar-refractivity contribution in [2.24, 2.45) is 0 Å². The van der Waals surface area contributed by atoms with Gasteiger partial charge in [0.05, 0.1) is 16.8 Å². The Labute approximate surface area is 135 Å². The molecule has 1 aromatic heterocycles. The molecule has 0 amide bonds. The number of allylic oxidation sites excluding steroid dienone is 1. The largest absolute Gasteiger partial charge is 0.433 e. The number of thioether (sulfide) groups is 1. The highest BCUT2D eigenvalue weighted by Gasteiger charge is 2.17. The summed E-state index contributed by atoms with van der Waals surface area (Å²) in [5.74, 6) is 0.845. The van der Waals surface area contributed by atoms with E-state index in [0.717, 1.165) is 10.8 Å². The molecule has 0 bridgehead atoms. The van der Waals surface area contributed by atoms with E-state index in [4.69, 9.17) is 9.52 Å². The van der Waals surface area contributed by atoms with Gasteiger partial charge in [-0.1, -0.05) is 26.5 Å². The third-order valence-electron chi connectivity index (χ3n) is 2.59. The van der Waals surface area contributed by atoms with Crippen LogP contribution in [0.2, 0.25) is 0 Å². The van der Waals surface area contributed by atoms with Gasteiger partial charge in [-0.3, -0.25) is 10.1 Å². The Hall–Kier alpha value is -1.73. The number of rotatable bonds is 8. The molecular weight excluding hydrogens is 304 g/mol. The predicted molar refractivity (Wildman–Crippen MR) is 91.4 cm³/mol. The summed E-state index contributed by atoms with van der Waals surface area (Å²) in [6, 6.07) is 2.84. The maximum absolute atomic E-state index is 10.6. The van der Waals surface area contributed by atoms with Crippen molar-refractivity contribution in [1.82, 2.24) is 4.90 Å². The van der Waals surface area contributed by atoms with Crippen LogP contribution in [-0.2, 0) is 0 Å². The van der Waals surface area contributed by atoms with Crippen LogP contribution >= 0.6 is 11.8 Å². The number of hydrogen-bond acceptors (Lipinski definition) is 6. The molecule has 0 unspecified atom stereocenters. The summed E-state index contributed by atoms with van der Waals surface area (Å²) in [7, 11) is 1.82. The molecule has 0 aliphatic carbocycles. The lowest BCUT2D eigenvalue weighted by Gasteiger charge is -2.22. The standard InChI is InChI=1S/C13H18N2O4S.C2H6/c1-4-13(20-9-5-8-16)14(3)10(2)11-6-7-12(19-11)15(17)18;1-2/h4,6-7,16H,2,5,8-9H2,1,3H3;1-2H3/b13-4+;. The minimum absolute atomic E-state index is 0.152. The van der Waals surface area contributed by atoms with Crippen molar-refractivity contribution in [3.8, 4) is 0 Å².